The van der Waals surface area contributed by atoms with Gasteiger partial charge >= 0.3 is 0 Å². The van der Waals surface area contributed by atoms with Gasteiger partial charge in [0.15, 0.2) is 5.78 Å². The zero-order valence-electron chi connectivity index (χ0n) is 8.73. The van der Waals surface area contributed by atoms with Crippen LogP contribution in [0.4, 0.5) is 0 Å². The van der Waals surface area contributed by atoms with E-state index in [-0.39, 0.29) is 11.2 Å². The van der Waals surface area contributed by atoms with Crippen LogP contribution in [0.3, 0.4) is 0 Å². The summed E-state index contributed by atoms with van der Waals surface area (Å²) in [5.41, 5.74) is 2.64. The molecule has 1 aliphatic carbocycles. The predicted molar refractivity (Wildman–Crippen MR) is 71.0 cm³/mol. The number of fused-ring (bicyclic) bond motifs is 1. The van der Waals surface area contributed by atoms with Crippen LogP contribution in [0.5, 0.6) is 0 Å². The molecule has 0 atom stereocenters. The lowest BCUT2D eigenvalue weighted by atomic mass is 9.89. The Morgan fingerprint density at radius 3 is 2.73 bits per heavy atom. The van der Waals surface area contributed by atoms with Crippen LogP contribution in [0.25, 0.3) is 0 Å². The van der Waals surface area contributed by atoms with Crippen LogP contribution in [-0.4, -0.2) is 5.78 Å². The molecule has 1 nitrogen and oxygen atoms in total. The van der Waals surface area contributed by atoms with Gasteiger partial charge in [-0.05, 0) is 17.5 Å². The molecule has 15 heavy (non-hydrogen) atoms. The molecule has 0 spiro atoms. The first kappa shape index (κ1) is 11.4. The van der Waals surface area contributed by atoms with E-state index in [2.05, 4.69) is 22.6 Å². The minimum atomic E-state index is -0.282. The SMILES string of the molecule is CC1(C)Cc2ccc(CI)c(Cl)c2C1=O. The highest BCUT2D eigenvalue weighted by molar-refractivity contribution is 14.1. The molecule has 0 heterocycles. The first-order valence-corrected chi connectivity index (χ1v) is 6.79. The summed E-state index contributed by atoms with van der Waals surface area (Å²) >= 11 is 8.52. The lowest BCUT2D eigenvalue weighted by molar-refractivity contribution is 0.0863. The summed E-state index contributed by atoms with van der Waals surface area (Å²) in [6.45, 7) is 3.96. The van der Waals surface area contributed by atoms with Gasteiger partial charge in [0, 0.05) is 15.4 Å². The minimum Gasteiger partial charge on any atom is -0.294 e. The third kappa shape index (κ3) is 1.72. The number of halogens is 2. The van der Waals surface area contributed by atoms with Crippen LogP contribution >= 0.6 is 34.2 Å². The molecule has 0 N–H and O–H groups in total. The molecule has 0 fully saturated rings. The van der Waals surface area contributed by atoms with Crippen molar-refractivity contribution in [1.29, 1.82) is 0 Å². The van der Waals surface area contributed by atoms with Gasteiger partial charge in [0.2, 0.25) is 0 Å². The lowest BCUT2D eigenvalue weighted by Crippen LogP contribution is -2.19. The molecule has 1 aromatic rings. The van der Waals surface area contributed by atoms with Crippen LogP contribution in [0.2, 0.25) is 5.02 Å². The molecule has 0 aromatic heterocycles. The predicted octanol–water partition coefficient (Wildman–Crippen LogP) is 4.04. The average molecular weight is 335 g/mol. The number of alkyl halides is 1. The second-order valence-corrected chi connectivity index (χ2v) is 5.74. The summed E-state index contributed by atoms with van der Waals surface area (Å²) in [5.74, 6) is 0.189. The Kier molecular flexibility index (Phi) is 2.84. The number of hydrogen-bond acceptors (Lipinski definition) is 1. The third-order valence-corrected chi connectivity index (χ3v) is 4.18. The summed E-state index contributed by atoms with van der Waals surface area (Å²) < 4.78 is 0.845. The van der Waals surface area contributed by atoms with Gasteiger partial charge in [-0.25, -0.2) is 0 Å². The van der Waals surface area contributed by atoms with E-state index in [1.807, 2.05) is 26.0 Å². The monoisotopic (exact) mass is 334 g/mol. The van der Waals surface area contributed by atoms with E-state index in [1.165, 1.54) is 0 Å². The van der Waals surface area contributed by atoms with Crippen molar-refractivity contribution in [2.45, 2.75) is 24.7 Å². The maximum Gasteiger partial charge on any atom is 0.170 e. The van der Waals surface area contributed by atoms with E-state index in [1.54, 1.807) is 0 Å². The van der Waals surface area contributed by atoms with E-state index in [0.717, 1.165) is 27.5 Å². The van der Waals surface area contributed by atoms with Crippen molar-refractivity contribution < 1.29 is 4.79 Å². The van der Waals surface area contributed by atoms with Gasteiger partial charge in [0.05, 0.1) is 5.02 Å². The molecule has 0 amide bonds. The van der Waals surface area contributed by atoms with Gasteiger partial charge in [0.1, 0.15) is 0 Å². The summed E-state index contributed by atoms with van der Waals surface area (Å²) in [4.78, 5) is 12.1. The van der Waals surface area contributed by atoms with Crippen LogP contribution in [0, 0.1) is 5.41 Å². The van der Waals surface area contributed by atoms with Crippen molar-refractivity contribution in [2.24, 2.45) is 5.41 Å². The Balaban J connectivity index is 2.62. The fraction of sp³-hybridized carbons (Fsp3) is 0.417. The smallest absolute Gasteiger partial charge is 0.170 e. The standard InChI is InChI=1S/C12H12ClIO/c1-12(2)5-7-3-4-8(6-14)10(13)9(7)11(12)15/h3-4H,5-6H2,1-2H3. The molecule has 1 aromatic carbocycles. The Bertz CT molecular complexity index is 437. The summed E-state index contributed by atoms with van der Waals surface area (Å²) in [7, 11) is 0. The normalized spacial score (nSPS) is 18.0. The quantitative estimate of drug-likeness (QED) is 0.559. The fourth-order valence-corrected chi connectivity index (χ4v) is 3.25. The fourth-order valence-electron chi connectivity index (χ4n) is 2.05. The highest BCUT2D eigenvalue weighted by Gasteiger charge is 2.39. The largest absolute Gasteiger partial charge is 0.294 e. The zero-order chi connectivity index (χ0) is 11.2. The second kappa shape index (κ2) is 3.74. The maximum absolute atomic E-state index is 12.1. The number of rotatable bonds is 1. The third-order valence-electron chi connectivity index (χ3n) is 2.93. The van der Waals surface area contributed by atoms with Gasteiger partial charge in [-0.15, -0.1) is 0 Å². The molecule has 3 heteroatoms. The molecule has 80 valence electrons. The maximum atomic E-state index is 12.1. The van der Waals surface area contributed by atoms with Gasteiger partial charge in [-0.3, -0.25) is 4.79 Å². The van der Waals surface area contributed by atoms with E-state index in [9.17, 15) is 4.79 Å². The molecular weight excluding hydrogens is 322 g/mol. The molecule has 0 saturated carbocycles. The van der Waals surface area contributed by atoms with Crippen LogP contribution in [0.1, 0.15) is 35.3 Å². The van der Waals surface area contributed by atoms with Gasteiger partial charge < -0.3 is 0 Å². The molecule has 0 bridgehead atoms. The first-order valence-electron chi connectivity index (χ1n) is 4.88. The van der Waals surface area contributed by atoms with Crippen molar-refractivity contribution in [3.63, 3.8) is 0 Å². The van der Waals surface area contributed by atoms with E-state index in [4.69, 9.17) is 11.6 Å². The Labute approximate surface area is 108 Å². The van der Waals surface area contributed by atoms with Gasteiger partial charge in [-0.1, -0.05) is 60.2 Å². The number of ketones is 1. The van der Waals surface area contributed by atoms with E-state index < -0.39 is 0 Å². The van der Waals surface area contributed by atoms with Crippen molar-refractivity contribution in [3.8, 4) is 0 Å². The van der Waals surface area contributed by atoms with Crippen molar-refractivity contribution in [2.75, 3.05) is 0 Å². The molecule has 0 unspecified atom stereocenters. The Morgan fingerprint density at radius 1 is 1.47 bits per heavy atom. The summed E-state index contributed by atoms with van der Waals surface area (Å²) in [6.07, 6.45) is 0.808. The molecule has 1 aliphatic rings. The first-order chi connectivity index (χ1) is 6.97. The molecule has 2 rings (SSSR count). The number of hydrogen-bond donors (Lipinski definition) is 0. The van der Waals surface area contributed by atoms with Crippen molar-refractivity contribution in [3.05, 3.63) is 33.8 Å². The second-order valence-electron chi connectivity index (χ2n) is 4.60. The molecule has 0 saturated heterocycles. The highest BCUT2D eigenvalue weighted by atomic mass is 127. The lowest BCUT2D eigenvalue weighted by Gasteiger charge is -2.13. The van der Waals surface area contributed by atoms with E-state index in [0.29, 0.717) is 5.02 Å². The Morgan fingerprint density at radius 2 is 2.13 bits per heavy atom. The van der Waals surface area contributed by atoms with Crippen LogP contribution in [0.15, 0.2) is 12.1 Å². The number of carbonyl (C=O) groups excluding carboxylic acids is 1. The Hall–Kier alpha value is -0.0900. The number of benzene rings is 1. The van der Waals surface area contributed by atoms with Gasteiger partial charge in [-0.2, -0.15) is 0 Å². The van der Waals surface area contributed by atoms with Crippen molar-refractivity contribution in [1.82, 2.24) is 0 Å². The topological polar surface area (TPSA) is 17.1 Å². The average Bonchev–Trinajstić information content (AvgIpc) is 2.39. The number of carbonyl (C=O) groups is 1. The molecule has 0 radical (unpaired) electrons. The zero-order valence-corrected chi connectivity index (χ0v) is 11.6. The minimum absolute atomic E-state index is 0.189. The highest BCUT2D eigenvalue weighted by Crippen LogP contribution is 2.41. The van der Waals surface area contributed by atoms with Crippen LogP contribution in [-0.2, 0) is 10.8 Å². The summed E-state index contributed by atoms with van der Waals surface area (Å²) in [6, 6.07) is 4.07. The molecular formula is C12H12ClIO. The summed E-state index contributed by atoms with van der Waals surface area (Å²) in [5, 5.41) is 0.664. The molecule has 0 aliphatic heterocycles. The van der Waals surface area contributed by atoms with E-state index >= 15 is 0 Å². The van der Waals surface area contributed by atoms with Crippen molar-refractivity contribution >= 4 is 40.0 Å². The number of Topliss-reactive ketones (excluding diaryl/α,β-unsaturated/α-hetero) is 1. The van der Waals surface area contributed by atoms with Crippen LogP contribution < -0.4 is 0 Å². The van der Waals surface area contributed by atoms with Gasteiger partial charge in [0.25, 0.3) is 0 Å².